The average Bonchev–Trinajstić information content (AvgIpc) is 3.17. The summed E-state index contributed by atoms with van der Waals surface area (Å²) in [5.41, 5.74) is 0.793. The number of hydrogen-bond donors (Lipinski definition) is 0. The number of carbonyl (C=O) groups excluding carboxylic acids is 1. The van der Waals surface area contributed by atoms with E-state index in [4.69, 9.17) is 11.6 Å². The van der Waals surface area contributed by atoms with Gasteiger partial charge in [0.1, 0.15) is 5.37 Å². The molecule has 2 atom stereocenters. The number of rotatable bonds is 6. The normalized spacial score (nSPS) is 23.8. The number of likely N-dealkylation sites (N-methyl/N-ethyl adjacent to an activating group) is 1. The van der Waals surface area contributed by atoms with Gasteiger partial charge in [-0.05, 0) is 47.9 Å². The van der Waals surface area contributed by atoms with Gasteiger partial charge in [-0.2, -0.15) is 5.26 Å². The number of carbonyl (C=O) groups is 1. The van der Waals surface area contributed by atoms with Gasteiger partial charge < -0.3 is 4.90 Å². The van der Waals surface area contributed by atoms with Crippen molar-refractivity contribution in [3.63, 3.8) is 0 Å². The molecule has 2 fully saturated rings. The minimum atomic E-state index is -3.63. The number of sulfone groups is 1. The van der Waals surface area contributed by atoms with Gasteiger partial charge in [0.2, 0.25) is 0 Å². The molecule has 0 saturated carbocycles. The molecule has 2 aromatic carbocycles. The zero-order valence-corrected chi connectivity index (χ0v) is 22.0. The van der Waals surface area contributed by atoms with Crippen molar-refractivity contribution in [3.05, 3.63) is 53.2 Å². The molecule has 7 nitrogen and oxygen atoms in total. The van der Waals surface area contributed by atoms with Crippen LogP contribution in [0.15, 0.2) is 58.1 Å². The summed E-state index contributed by atoms with van der Waals surface area (Å²) in [6, 6.07) is 12.0. The first-order valence-corrected chi connectivity index (χ1v) is 14.3. The van der Waals surface area contributed by atoms with Crippen LogP contribution in [0.3, 0.4) is 0 Å². The van der Waals surface area contributed by atoms with Crippen molar-refractivity contribution in [2.75, 3.05) is 26.4 Å². The fourth-order valence-electron chi connectivity index (χ4n) is 4.68. The van der Waals surface area contributed by atoms with E-state index in [9.17, 15) is 18.5 Å². The Morgan fingerprint density at radius 3 is 2.74 bits per heavy atom. The molecule has 0 amide bonds. The number of ketones is 1. The largest absolute Gasteiger partial charge is 0.325 e. The van der Waals surface area contributed by atoms with Crippen molar-refractivity contribution in [2.24, 2.45) is 4.99 Å². The smallest absolute Gasteiger partial charge is 0.178 e. The SMILES string of the molecule is CN=C1SC(N2CCCCC2C(=O)CCS(=O)(=O)c2ccc3cc(Cl)ccc3c2)/C(=C\C#N)N1C. The lowest BCUT2D eigenvalue weighted by Crippen LogP contribution is -2.49. The Kier molecular flexibility index (Phi) is 7.86. The third-order valence-corrected chi connectivity index (χ3v) is 9.87. The fraction of sp³-hybridized carbons (Fsp3) is 0.400. The number of benzene rings is 2. The van der Waals surface area contributed by atoms with Crippen molar-refractivity contribution in [2.45, 2.75) is 42.0 Å². The van der Waals surface area contributed by atoms with Gasteiger partial charge in [0.05, 0.1) is 28.5 Å². The van der Waals surface area contributed by atoms with Crippen LogP contribution in [0.25, 0.3) is 10.8 Å². The van der Waals surface area contributed by atoms with Gasteiger partial charge in [-0.15, -0.1) is 0 Å². The summed E-state index contributed by atoms with van der Waals surface area (Å²) in [5.74, 6) is -0.322. The fourth-order valence-corrected chi connectivity index (χ4v) is 7.45. The Hall–Kier alpha value is -2.38. The van der Waals surface area contributed by atoms with E-state index < -0.39 is 9.84 Å². The predicted octanol–water partition coefficient (Wildman–Crippen LogP) is 4.48. The highest BCUT2D eigenvalue weighted by Crippen LogP contribution is 2.39. The molecular formula is C25H27ClN4O3S2. The molecule has 0 bridgehead atoms. The molecule has 0 radical (unpaired) electrons. The Morgan fingerprint density at radius 2 is 2.00 bits per heavy atom. The lowest BCUT2D eigenvalue weighted by Gasteiger charge is -2.38. The maximum absolute atomic E-state index is 13.3. The van der Waals surface area contributed by atoms with Crippen molar-refractivity contribution < 1.29 is 13.2 Å². The maximum atomic E-state index is 13.3. The zero-order valence-electron chi connectivity index (χ0n) is 19.6. The Morgan fingerprint density at radius 1 is 1.26 bits per heavy atom. The summed E-state index contributed by atoms with van der Waals surface area (Å²) in [5, 5.41) is 12.1. The first-order valence-electron chi connectivity index (χ1n) is 11.4. The number of nitriles is 1. The number of halogens is 1. The van der Waals surface area contributed by atoms with Crippen LogP contribution >= 0.6 is 23.4 Å². The van der Waals surface area contributed by atoms with Crippen LogP contribution in [0.4, 0.5) is 0 Å². The van der Waals surface area contributed by atoms with Crippen LogP contribution in [-0.4, -0.2) is 67.0 Å². The molecule has 2 aliphatic rings. The number of aliphatic imine (C=N–C) groups is 1. The van der Waals surface area contributed by atoms with E-state index in [1.54, 1.807) is 43.4 Å². The Balaban J connectivity index is 1.51. The van der Waals surface area contributed by atoms with E-state index in [2.05, 4.69) is 16.0 Å². The van der Waals surface area contributed by atoms with E-state index in [1.165, 1.54) is 17.8 Å². The molecule has 0 aliphatic carbocycles. The quantitative estimate of drug-likeness (QED) is 0.508. The summed E-state index contributed by atoms with van der Waals surface area (Å²) in [4.78, 5) is 21.8. The molecule has 2 aromatic rings. The van der Waals surface area contributed by atoms with Gasteiger partial charge in [0, 0.05) is 38.2 Å². The monoisotopic (exact) mass is 530 g/mol. The van der Waals surface area contributed by atoms with E-state index >= 15 is 0 Å². The number of thioether (sulfide) groups is 1. The minimum absolute atomic E-state index is 0.0542. The second-order valence-electron chi connectivity index (χ2n) is 8.67. The van der Waals surface area contributed by atoms with Crippen molar-refractivity contribution >= 4 is 54.9 Å². The molecule has 2 aliphatic heterocycles. The average molecular weight is 531 g/mol. The highest BCUT2D eigenvalue weighted by Gasteiger charge is 2.41. The number of piperidine rings is 1. The second-order valence-corrected chi connectivity index (χ2v) is 12.3. The topological polar surface area (TPSA) is 93.8 Å². The molecule has 2 unspecified atom stereocenters. The lowest BCUT2D eigenvalue weighted by molar-refractivity contribution is -0.125. The van der Waals surface area contributed by atoms with E-state index in [1.807, 2.05) is 11.9 Å². The van der Waals surface area contributed by atoms with Crippen LogP contribution in [0.5, 0.6) is 0 Å². The lowest BCUT2D eigenvalue weighted by atomic mass is 9.96. The molecule has 0 aromatic heterocycles. The minimum Gasteiger partial charge on any atom is -0.325 e. The standard InChI is InChI=1S/C25H27ClN4O3S2/c1-28-25-29(2)22(10-12-27)24(34-25)30-13-4-3-5-21(30)23(31)11-14-35(32,33)20-9-7-17-15-19(26)8-6-18(17)16-20/h6-10,15-16,21,24H,3-5,11,13-14H2,1-2H3/b22-10+,28-25?. The molecule has 10 heteroatoms. The van der Waals surface area contributed by atoms with Gasteiger partial charge in [-0.1, -0.05) is 41.9 Å². The van der Waals surface area contributed by atoms with Crippen LogP contribution in [-0.2, 0) is 14.6 Å². The van der Waals surface area contributed by atoms with E-state index in [0.717, 1.165) is 34.5 Å². The number of likely N-dealkylation sites (tertiary alicyclic amines) is 1. The predicted molar refractivity (Wildman–Crippen MR) is 141 cm³/mol. The molecule has 184 valence electrons. The third kappa shape index (κ3) is 5.41. The van der Waals surface area contributed by atoms with Crippen molar-refractivity contribution in [3.8, 4) is 6.07 Å². The van der Waals surface area contributed by atoms with Crippen LogP contribution in [0.1, 0.15) is 25.7 Å². The van der Waals surface area contributed by atoms with Gasteiger partial charge >= 0.3 is 0 Å². The molecule has 2 saturated heterocycles. The van der Waals surface area contributed by atoms with Crippen molar-refractivity contribution in [1.29, 1.82) is 5.26 Å². The van der Waals surface area contributed by atoms with Gasteiger partial charge in [0.25, 0.3) is 0 Å². The molecule has 2 heterocycles. The number of allylic oxidation sites excluding steroid dienone is 1. The molecule has 0 N–H and O–H groups in total. The van der Waals surface area contributed by atoms with Crippen LogP contribution < -0.4 is 0 Å². The summed E-state index contributed by atoms with van der Waals surface area (Å²) < 4.78 is 26.1. The molecule has 4 rings (SSSR count). The number of hydrogen-bond acceptors (Lipinski definition) is 7. The van der Waals surface area contributed by atoms with Crippen LogP contribution in [0.2, 0.25) is 5.02 Å². The Labute approximate surface area is 215 Å². The molecule has 35 heavy (non-hydrogen) atoms. The summed E-state index contributed by atoms with van der Waals surface area (Å²) in [6.45, 7) is 0.710. The highest BCUT2D eigenvalue weighted by molar-refractivity contribution is 8.14. The first-order chi connectivity index (χ1) is 16.7. The summed E-state index contributed by atoms with van der Waals surface area (Å²) in [7, 11) is -0.0632. The van der Waals surface area contributed by atoms with Gasteiger partial charge in [0.15, 0.2) is 20.8 Å². The molecule has 0 spiro atoms. The number of fused-ring (bicyclic) bond motifs is 1. The van der Waals surface area contributed by atoms with Crippen LogP contribution in [0, 0.1) is 11.3 Å². The van der Waals surface area contributed by atoms with Gasteiger partial charge in [-0.3, -0.25) is 14.7 Å². The zero-order chi connectivity index (χ0) is 25.2. The first kappa shape index (κ1) is 25.7. The number of nitrogens with zero attached hydrogens (tertiary/aromatic N) is 4. The Bertz CT molecular complexity index is 1350. The third-order valence-electron chi connectivity index (χ3n) is 6.52. The number of amidine groups is 1. The number of Topliss-reactive ketones (excluding diaryl/α,β-unsaturated/α-hetero) is 1. The van der Waals surface area contributed by atoms with Gasteiger partial charge in [-0.25, -0.2) is 8.42 Å². The van der Waals surface area contributed by atoms with E-state index in [0.29, 0.717) is 18.0 Å². The summed E-state index contributed by atoms with van der Waals surface area (Å²) in [6.07, 6.45) is 3.98. The highest BCUT2D eigenvalue weighted by atomic mass is 35.5. The van der Waals surface area contributed by atoms with E-state index in [-0.39, 0.29) is 34.3 Å². The summed E-state index contributed by atoms with van der Waals surface area (Å²) >= 11 is 7.55. The molecular weight excluding hydrogens is 504 g/mol. The maximum Gasteiger partial charge on any atom is 0.178 e. The van der Waals surface area contributed by atoms with Crippen molar-refractivity contribution in [1.82, 2.24) is 9.80 Å². The second kappa shape index (κ2) is 10.7.